The summed E-state index contributed by atoms with van der Waals surface area (Å²) in [7, 11) is -3.76. The van der Waals surface area contributed by atoms with Gasteiger partial charge < -0.3 is 15.3 Å². The van der Waals surface area contributed by atoms with E-state index in [4.69, 9.17) is 12.2 Å². The first-order valence-electron chi connectivity index (χ1n) is 11.7. The molecule has 2 atom stereocenters. The summed E-state index contributed by atoms with van der Waals surface area (Å²) in [5.41, 5.74) is -2.52. The third-order valence-electron chi connectivity index (χ3n) is 7.09. The lowest BCUT2D eigenvalue weighted by Gasteiger charge is -2.43. The highest BCUT2D eigenvalue weighted by Gasteiger charge is 2.51. The molecule has 1 saturated heterocycles. The number of sulfonamides is 1. The second-order valence-electron chi connectivity index (χ2n) is 9.45. The van der Waals surface area contributed by atoms with E-state index in [2.05, 4.69) is 5.32 Å². The van der Waals surface area contributed by atoms with E-state index in [0.29, 0.717) is 36.1 Å². The Labute approximate surface area is 209 Å². The number of halogens is 3. The van der Waals surface area contributed by atoms with Crippen molar-refractivity contribution in [3.05, 3.63) is 53.0 Å². The first-order valence-corrected chi connectivity index (χ1v) is 13.6. The Morgan fingerprint density at radius 3 is 2.43 bits per heavy atom. The molecule has 2 aliphatic carbocycles. The fourth-order valence-corrected chi connectivity index (χ4v) is 6.58. The van der Waals surface area contributed by atoms with Gasteiger partial charge in [0.1, 0.15) is 0 Å². The van der Waals surface area contributed by atoms with Gasteiger partial charge in [-0.25, -0.2) is 8.42 Å². The minimum absolute atomic E-state index is 0.160. The van der Waals surface area contributed by atoms with Gasteiger partial charge in [0.05, 0.1) is 10.9 Å². The molecule has 0 aromatic heterocycles. The maximum atomic E-state index is 13.4. The van der Waals surface area contributed by atoms with Gasteiger partial charge in [0.15, 0.2) is 5.60 Å². The van der Waals surface area contributed by atoms with E-state index < -0.39 is 21.8 Å². The normalized spacial score (nSPS) is 24.1. The molecular weight excluding hydrogens is 499 g/mol. The van der Waals surface area contributed by atoms with E-state index in [-0.39, 0.29) is 29.6 Å². The Kier molecular flexibility index (Phi) is 7.46. The minimum Gasteiger partial charge on any atom is -0.376 e. The molecule has 4 rings (SSSR count). The number of piperazine rings is 1. The zero-order chi connectivity index (χ0) is 25.4. The van der Waals surface area contributed by atoms with Crippen LogP contribution < -0.4 is 10.2 Å². The van der Waals surface area contributed by atoms with Gasteiger partial charge in [-0.1, -0.05) is 42.9 Å². The van der Waals surface area contributed by atoms with Crippen LogP contribution in [0.5, 0.6) is 0 Å². The highest BCUT2D eigenvalue weighted by atomic mass is 32.2. The van der Waals surface area contributed by atoms with Gasteiger partial charge in [0.25, 0.3) is 0 Å². The van der Waals surface area contributed by atoms with Gasteiger partial charge in [-0.3, -0.25) is 0 Å². The Bertz CT molecular complexity index is 1110. The topological polar surface area (TPSA) is 72.9 Å². The van der Waals surface area contributed by atoms with Crippen LogP contribution in [-0.2, 0) is 15.6 Å². The molecule has 1 heterocycles. The molecule has 192 valence electrons. The van der Waals surface area contributed by atoms with Crippen molar-refractivity contribution in [3.63, 3.8) is 0 Å². The lowest BCUT2D eigenvalue weighted by atomic mass is 9.93. The number of rotatable bonds is 7. The van der Waals surface area contributed by atoms with E-state index in [1.54, 1.807) is 24.3 Å². The van der Waals surface area contributed by atoms with Crippen molar-refractivity contribution in [3.8, 4) is 0 Å². The molecule has 0 unspecified atom stereocenters. The van der Waals surface area contributed by atoms with Crippen molar-refractivity contribution in [1.82, 2.24) is 9.62 Å². The van der Waals surface area contributed by atoms with E-state index in [1.807, 2.05) is 11.0 Å². The molecule has 2 fully saturated rings. The molecule has 2 N–H and O–H groups in total. The van der Waals surface area contributed by atoms with Crippen LogP contribution in [-0.4, -0.2) is 67.1 Å². The standard InChI is InChI=1S/C24H30F3N3O3S2/c1-23(31,24(25,26)27)17-9-11-19(12-10-17)30-14-13-29(16-20(30)15-28-18-5-4-6-18)35(32,33)22-8-3-2-7-21(22)34/h2-3,8-12,18,20,28,31H,4-7,13-16H2,1H3/t20-,23+/m0/s1. The number of hydrogen-bond acceptors (Lipinski definition) is 6. The maximum absolute atomic E-state index is 13.4. The number of nitrogens with zero attached hydrogens (tertiary/aromatic N) is 2. The molecule has 0 radical (unpaired) electrons. The maximum Gasteiger partial charge on any atom is 0.421 e. The van der Waals surface area contributed by atoms with E-state index in [9.17, 15) is 26.7 Å². The molecule has 0 bridgehead atoms. The predicted molar refractivity (Wildman–Crippen MR) is 134 cm³/mol. The summed E-state index contributed by atoms with van der Waals surface area (Å²) in [5, 5.41) is 13.5. The number of thiocarbonyl (C=S) groups is 1. The molecule has 0 amide bonds. The predicted octanol–water partition coefficient (Wildman–Crippen LogP) is 3.63. The van der Waals surface area contributed by atoms with Crippen LogP contribution in [0.25, 0.3) is 0 Å². The van der Waals surface area contributed by atoms with Crippen molar-refractivity contribution in [1.29, 1.82) is 0 Å². The zero-order valence-corrected chi connectivity index (χ0v) is 21.1. The van der Waals surface area contributed by atoms with Crippen LogP contribution in [0, 0.1) is 0 Å². The molecule has 35 heavy (non-hydrogen) atoms. The third kappa shape index (κ3) is 5.34. The Morgan fingerprint density at radius 1 is 1.17 bits per heavy atom. The van der Waals surface area contributed by atoms with Gasteiger partial charge in [-0.15, -0.1) is 0 Å². The van der Waals surface area contributed by atoms with Crippen LogP contribution in [0.2, 0.25) is 0 Å². The Hall–Kier alpha value is -1.79. The number of anilines is 1. The number of hydrogen-bond donors (Lipinski definition) is 2. The van der Waals surface area contributed by atoms with Crippen LogP contribution in [0.4, 0.5) is 18.9 Å². The smallest absolute Gasteiger partial charge is 0.376 e. The van der Waals surface area contributed by atoms with Crippen LogP contribution in [0.15, 0.2) is 47.4 Å². The summed E-state index contributed by atoms with van der Waals surface area (Å²) in [6.45, 7) is 2.11. The number of nitrogens with one attached hydrogen (secondary N) is 1. The summed E-state index contributed by atoms with van der Waals surface area (Å²) < 4.78 is 67.9. The Balaban J connectivity index is 1.56. The number of aliphatic hydroxyl groups is 1. The van der Waals surface area contributed by atoms with Crippen LogP contribution >= 0.6 is 12.2 Å². The summed E-state index contributed by atoms with van der Waals surface area (Å²) in [4.78, 5) is 2.58. The molecule has 6 nitrogen and oxygen atoms in total. The van der Waals surface area contributed by atoms with Crippen LogP contribution in [0.1, 0.15) is 38.2 Å². The number of allylic oxidation sites excluding steroid dienone is 4. The second-order valence-corrected chi connectivity index (χ2v) is 11.8. The molecular formula is C24H30F3N3O3S2. The molecule has 1 aromatic rings. The fraction of sp³-hybridized carbons (Fsp3) is 0.542. The Morgan fingerprint density at radius 2 is 1.86 bits per heavy atom. The molecule has 1 saturated carbocycles. The van der Waals surface area contributed by atoms with Gasteiger partial charge >= 0.3 is 6.18 Å². The van der Waals surface area contributed by atoms with Gasteiger partial charge in [-0.2, -0.15) is 17.5 Å². The van der Waals surface area contributed by atoms with Crippen molar-refractivity contribution >= 4 is 32.8 Å². The average molecular weight is 530 g/mol. The lowest BCUT2D eigenvalue weighted by Crippen LogP contribution is -2.59. The quantitative estimate of drug-likeness (QED) is 0.526. The zero-order valence-electron chi connectivity index (χ0n) is 19.5. The van der Waals surface area contributed by atoms with Crippen LogP contribution in [0.3, 0.4) is 0 Å². The lowest BCUT2D eigenvalue weighted by molar-refractivity contribution is -0.258. The molecule has 1 aliphatic heterocycles. The second kappa shape index (κ2) is 9.93. The highest BCUT2D eigenvalue weighted by Crippen LogP contribution is 2.39. The molecule has 0 spiro atoms. The largest absolute Gasteiger partial charge is 0.421 e. The van der Waals surface area contributed by atoms with Gasteiger partial charge in [0.2, 0.25) is 10.0 Å². The molecule has 3 aliphatic rings. The summed E-state index contributed by atoms with van der Waals surface area (Å²) in [5.74, 6) is 0. The molecule has 11 heteroatoms. The van der Waals surface area contributed by atoms with Gasteiger partial charge in [0, 0.05) is 49.2 Å². The van der Waals surface area contributed by atoms with Crippen molar-refractivity contribution in [2.24, 2.45) is 0 Å². The highest BCUT2D eigenvalue weighted by molar-refractivity contribution is 7.96. The summed E-state index contributed by atoms with van der Waals surface area (Å²) >= 11 is 5.30. The average Bonchev–Trinajstić information content (AvgIpc) is 2.77. The fourth-order valence-electron chi connectivity index (χ4n) is 4.51. The van der Waals surface area contributed by atoms with Crippen molar-refractivity contribution in [2.45, 2.75) is 56.5 Å². The first kappa shape index (κ1) is 26.3. The SMILES string of the molecule is C[C@@](O)(c1ccc(N2CCN(S(=O)(=O)C3=CC=CCC3=S)C[C@@H]2CNC2CCC2)cc1)C(F)(F)F. The van der Waals surface area contributed by atoms with Crippen molar-refractivity contribution < 1.29 is 26.7 Å². The summed E-state index contributed by atoms with van der Waals surface area (Å²) in [6, 6.07) is 5.84. The van der Waals surface area contributed by atoms with E-state index in [1.165, 1.54) is 16.4 Å². The first-order chi connectivity index (χ1) is 16.4. The van der Waals surface area contributed by atoms with Crippen molar-refractivity contribution in [2.75, 3.05) is 31.1 Å². The monoisotopic (exact) mass is 529 g/mol. The molecule has 1 aromatic carbocycles. The van der Waals surface area contributed by atoms with Gasteiger partial charge in [-0.05, 0) is 43.5 Å². The number of alkyl halides is 3. The van der Waals surface area contributed by atoms with E-state index in [0.717, 1.165) is 26.2 Å². The van der Waals surface area contributed by atoms with E-state index >= 15 is 0 Å². The summed E-state index contributed by atoms with van der Waals surface area (Å²) in [6.07, 6.45) is 3.99. The minimum atomic E-state index is -4.80. The third-order valence-corrected chi connectivity index (χ3v) is 9.55. The number of benzene rings is 1.